The Balaban J connectivity index is 1.65. The maximum Gasteiger partial charge on any atom is 0.272 e. The molecule has 1 aromatic rings. The number of carbonyl (C=O) groups is 1. The third-order valence-corrected chi connectivity index (χ3v) is 4.12. The van der Waals surface area contributed by atoms with Crippen molar-refractivity contribution < 1.29 is 14.3 Å². The van der Waals surface area contributed by atoms with Gasteiger partial charge in [-0.1, -0.05) is 0 Å². The molecule has 0 bridgehead atoms. The predicted octanol–water partition coefficient (Wildman–Crippen LogP) is 2.27. The lowest BCUT2D eigenvalue weighted by atomic mass is 10.0. The Bertz CT molecular complexity index is 567. The summed E-state index contributed by atoms with van der Waals surface area (Å²) < 4.78 is 11.4. The van der Waals surface area contributed by atoms with Gasteiger partial charge >= 0.3 is 0 Å². The highest BCUT2D eigenvalue weighted by atomic mass is 16.7. The summed E-state index contributed by atoms with van der Waals surface area (Å²) in [5.41, 5.74) is 1.33. The number of aromatic nitrogens is 1. The van der Waals surface area contributed by atoms with Crippen LogP contribution in [0.15, 0.2) is 18.3 Å². The van der Waals surface area contributed by atoms with Crippen LogP contribution in [0, 0.1) is 0 Å². The number of amides is 1. The van der Waals surface area contributed by atoms with Gasteiger partial charge in [-0.25, -0.2) is 0 Å². The second-order valence-corrected chi connectivity index (χ2v) is 7.20. The van der Waals surface area contributed by atoms with E-state index in [1.165, 1.54) is 0 Å². The molecule has 6 nitrogen and oxygen atoms in total. The zero-order valence-electron chi connectivity index (χ0n) is 14.1. The summed E-state index contributed by atoms with van der Waals surface area (Å²) in [6, 6.07) is 3.70. The minimum Gasteiger partial charge on any atom is -0.380 e. The van der Waals surface area contributed by atoms with Crippen molar-refractivity contribution in [1.82, 2.24) is 9.88 Å². The molecule has 1 N–H and O–H groups in total. The summed E-state index contributed by atoms with van der Waals surface area (Å²) >= 11 is 0. The molecule has 1 spiro atoms. The summed E-state index contributed by atoms with van der Waals surface area (Å²) in [4.78, 5) is 18.7. The fraction of sp³-hybridized carbons (Fsp3) is 0.647. The fourth-order valence-corrected chi connectivity index (χ4v) is 3.06. The van der Waals surface area contributed by atoms with E-state index in [1.54, 1.807) is 6.20 Å². The van der Waals surface area contributed by atoms with E-state index in [4.69, 9.17) is 9.47 Å². The number of piperidine rings is 1. The summed E-state index contributed by atoms with van der Waals surface area (Å²) in [5, 5.41) is 3.37. The number of anilines is 1. The van der Waals surface area contributed by atoms with E-state index >= 15 is 0 Å². The number of nitrogens with one attached hydrogen (secondary N) is 1. The molecule has 3 heterocycles. The quantitative estimate of drug-likeness (QED) is 0.906. The Hall–Kier alpha value is -1.66. The molecule has 0 radical (unpaired) electrons. The Kier molecular flexibility index (Phi) is 4.29. The molecule has 0 unspecified atom stereocenters. The molecule has 3 rings (SSSR count). The Morgan fingerprint density at radius 3 is 2.52 bits per heavy atom. The monoisotopic (exact) mass is 319 g/mol. The number of ether oxygens (including phenoxy) is 2. The van der Waals surface area contributed by atoms with Crippen molar-refractivity contribution in [2.24, 2.45) is 0 Å². The normalized spacial score (nSPS) is 20.7. The number of hydrogen-bond donors (Lipinski definition) is 1. The van der Waals surface area contributed by atoms with Gasteiger partial charge < -0.3 is 19.7 Å². The summed E-state index contributed by atoms with van der Waals surface area (Å²) in [6.45, 7) is 8.82. The largest absolute Gasteiger partial charge is 0.380 e. The minimum atomic E-state index is -0.458. The van der Waals surface area contributed by atoms with Gasteiger partial charge in [0.05, 0.1) is 13.2 Å². The molecule has 0 aliphatic carbocycles. The van der Waals surface area contributed by atoms with Crippen LogP contribution in [-0.4, -0.2) is 53.4 Å². The lowest BCUT2D eigenvalue weighted by Gasteiger charge is -2.37. The smallest absolute Gasteiger partial charge is 0.272 e. The van der Waals surface area contributed by atoms with E-state index < -0.39 is 5.79 Å². The summed E-state index contributed by atoms with van der Waals surface area (Å²) in [6.07, 6.45) is 3.12. The number of nitrogens with zero attached hydrogens (tertiary/aromatic N) is 2. The van der Waals surface area contributed by atoms with E-state index in [0.717, 1.165) is 18.5 Å². The number of pyridine rings is 1. The molecular weight excluding hydrogens is 294 g/mol. The summed E-state index contributed by atoms with van der Waals surface area (Å²) in [7, 11) is 0. The maximum absolute atomic E-state index is 12.7. The lowest BCUT2D eigenvalue weighted by Crippen LogP contribution is -2.47. The molecule has 23 heavy (non-hydrogen) atoms. The van der Waals surface area contributed by atoms with Crippen LogP contribution >= 0.6 is 0 Å². The van der Waals surface area contributed by atoms with Crippen molar-refractivity contribution in [3.05, 3.63) is 24.0 Å². The van der Waals surface area contributed by atoms with Crippen LogP contribution in [0.2, 0.25) is 0 Å². The number of hydrogen-bond acceptors (Lipinski definition) is 5. The molecule has 0 aromatic carbocycles. The second-order valence-electron chi connectivity index (χ2n) is 7.20. The van der Waals surface area contributed by atoms with Gasteiger partial charge in [0.1, 0.15) is 5.69 Å². The van der Waals surface area contributed by atoms with Crippen molar-refractivity contribution in [2.75, 3.05) is 31.6 Å². The number of likely N-dealkylation sites (tertiary alicyclic amines) is 1. The summed E-state index contributed by atoms with van der Waals surface area (Å²) in [5.74, 6) is -0.491. The van der Waals surface area contributed by atoms with E-state index in [-0.39, 0.29) is 11.4 Å². The van der Waals surface area contributed by atoms with Crippen LogP contribution < -0.4 is 5.32 Å². The second kappa shape index (κ2) is 6.09. The van der Waals surface area contributed by atoms with Gasteiger partial charge in [-0.2, -0.15) is 0 Å². The van der Waals surface area contributed by atoms with Crippen LogP contribution in [0.5, 0.6) is 0 Å². The molecule has 0 saturated carbocycles. The first-order valence-corrected chi connectivity index (χ1v) is 8.18. The van der Waals surface area contributed by atoms with E-state index in [9.17, 15) is 4.79 Å². The highest BCUT2D eigenvalue weighted by Gasteiger charge is 2.41. The third kappa shape index (κ3) is 3.82. The minimum absolute atomic E-state index is 0.0320. The molecule has 1 aromatic heterocycles. The van der Waals surface area contributed by atoms with Crippen molar-refractivity contribution in [3.8, 4) is 0 Å². The number of rotatable bonds is 2. The van der Waals surface area contributed by atoms with Gasteiger partial charge in [-0.15, -0.1) is 0 Å². The Labute approximate surface area is 137 Å². The molecule has 2 aliphatic heterocycles. The zero-order valence-corrected chi connectivity index (χ0v) is 14.1. The zero-order chi connectivity index (χ0) is 16.5. The van der Waals surface area contributed by atoms with Crippen molar-refractivity contribution >= 4 is 11.6 Å². The highest BCUT2D eigenvalue weighted by Crippen LogP contribution is 2.31. The molecule has 6 heteroatoms. The first-order chi connectivity index (χ1) is 10.9. The van der Waals surface area contributed by atoms with E-state index in [1.807, 2.05) is 17.0 Å². The van der Waals surface area contributed by atoms with Gasteiger partial charge in [-0.05, 0) is 32.9 Å². The predicted molar refractivity (Wildman–Crippen MR) is 87.4 cm³/mol. The third-order valence-electron chi connectivity index (χ3n) is 4.12. The van der Waals surface area contributed by atoms with Crippen LogP contribution in [-0.2, 0) is 9.47 Å². The van der Waals surface area contributed by atoms with E-state index in [2.05, 4.69) is 31.1 Å². The van der Waals surface area contributed by atoms with Gasteiger partial charge in [0.15, 0.2) is 5.79 Å². The molecule has 2 aliphatic rings. The topological polar surface area (TPSA) is 63.7 Å². The van der Waals surface area contributed by atoms with Crippen LogP contribution in [0.25, 0.3) is 0 Å². The van der Waals surface area contributed by atoms with Crippen molar-refractivity contribution in [2.45, 2.75) is 44.9 Å². The maximum atomic E-state index is 12.7. The van der Waals surface area contributed by atoms with E-state index in [0.29, 0.717) is 32.0 Å². The first kappa shape index (κ1) is 16.2. The van der Waals surface area contributed by atoms with Gasteiger partial charge in [-0.3, -0.25) is 9.78 Å². The Morgan fingerprint density at radius 2 is 1.91 bits per heavy atom. The molecule has 1 amide bonds. The molecular formula is C17H25N3O3. The molecule has 2 saturated heterocycles. The highest BCUT2D eigenvalue weighted by molar-refractivity contribution is 5.93. The van der Waals surface area contributed by atoms with Crippen LogP contribution in [0.3, 0.4) is 0 Å². The van der Waals surface area contributed by atoms with Crippen molar-refractivity contribution in [3.63, 3.8) is 0 Å². The average Bonchev–Trinajstić information content (AvgIpc) is 2.94. The standard InChI is InChI=1S/C17H25N3O3/c1-16(2,3)19-13-4-7-18-14(12-13)15(21)20-8-5-17(6-9-20)22-10-11-23-17/h4,7,12H,5-6,8-11H2,1-3H3,(H,18,19). The van der Waals surface area contributed by atoms with Crippen molar-refractivity contribution in [1.29, 1.82) is 0 Å². The molecule has 0 atom stereocenters. The SMILES string of the molecule is CC(C)(C)Nc1ccnc(C(=O)N2CCC3(CC2)OCCO3)c1. The fourth-order valence-electron chi connectivity index (χ4n) is 3.06. The van der Waals surface area contributed by atoms with Gasteiger partial charge in [0.2, 0.25) is 0 Å². The lowest BCUT2D eigenvalue weighted by molar-refractivity contribution is -0.181. The molecule has 2 fully saturated rings. The van der Waals surface area contributed by atoms with Gasteiger partial charge in [0.25, 0.3) is 5.91 Å². The number of carbonyl (C=O) groups excluding carboxylic acids is 1. The van der Waals surface area contributed by atoms with Gasteiger partial charge in [0, 0.05) is 43.4 Å². The first-order valence-electron chi connectivity index (χ1n) is 8.18. The van der Waals surface area contributed by atoms with Crippen LogP contribution in [0.4, 0.5) is 5.69 Å². The van der Waals surface area contributed by atoms with Crippen LogP contribution in [0.1, 0.15) is 44.1 Å². The average molecular weight is 319 g/mol. The molecule has 126 valence electrons. The Morgan fingerprint density at radius 1 is 1.26 bits per heavy atom.